The van der Waals surface area contributed by atoms with E-state index in [9.17, 15) is 0 Å². The third-order valence-corrected chi connectivity index (χ3v) is 4.88. The Labute approximate surface area is 137 Å². The van der Waals surface area contributed by atoms with Crippen molar-refractivity contribution in [2.75, 3.05) is 13.2 Å². The Balaban J connectivity index is 1.82. The molecule has 0 fully saturated rings. The molecule has 110 valence electrons. The van der Waals surface area contributed by atoms with Gasteiger partial charge in [0.2, 0.25) is 0 Å². The molecule has 0 aromatic heterocycles. The van der Waals surface area contributed by atoms with E-state index in [-0.39, 0.29) is 6.04 Å². The minimum Gasteiger partial charge on any atom is -0.486 e. The Kier molecular flexibility index (Phi) is 4.42. The highest BCUT2D eigenvalue weighted by atomic mass is 79.9. The van der Waals surface area contributed by atoms with Gasteiger partial charge in [-0.05, 0) is 42.8 Å². The monoisotopic (exact) mass is 365 g/mol. The molecule has 0 aliphatic carbocycles. The quantitative estimate of drug-likeness (QED) is 0.875. The Morgan fingerprint density at radius 3 is 2.43 bits per heavy atom. The molecule has 2 N–H and O–H groups in total. The van der Waals surface area contributed by atoms with Crippen molar-refractivity contribution >= 4 is 27.7 Å². The molecule has 21 heavy (non-hydrogen) atoms. The first-order valence-electron chi connectivity index (χ1n) is 6.76. The zero-order chi connectivity index (χ0) is 14.8. The third kappa shape index (κ3) is 3.36. The van der Waals surface area contributed by atoms with Crippen molar-refractivity contribution in [3.8, 4) is 11.5 Å². The van der Waals surface area contributed by atoms with Gasteiger partial charge in [0, 0.05) is 20.3 Å². The molecule has 5 heteroatoms. The lowest BCUT2D eigenvalue weighted by molar-refractivity contribution is 0.171. The minimum absolute atomic E-state index is 0.0210. The van der Waals surface area contributed by atoms with Crippen molar-refractivity contribution in [1.29, 1.82) is 0 Å². The summed E-state index contributed by atoms with van der Waals surface area (Å²) in [5.41, 5.74) is 7.04. The van der Waals surface area contributed by atoms with Gasteiger partial charge in [0.1, 0.15) is 13.2 Å². The average molecular weight is 366 g/mol. The molecule has 3 nitrogen and oxygen atoms in total. The van der Waals surface area contributed by atoms with Gasteiger partial charge in [-0.1, -0.05) is 33.8 Å². The molecule has 0 unspecified atom stereocenters. The predicted octanol–water partition coefficient (Wildman–Crippen LogP) is 4.39. The van der Waals surface area contributed by atoms with E-state index in [0.29, 0.717) is 13.2 Å². The van der Waals surface area contributed by atoms with E-state index in [4.69, 9.17) is 15.2 Å². The van der Waals surface area contributed by atoms with Crippen LogP contribution in [0.25, 0.3) is 0 Å². The summed E-state index contributed by atoms with van der Waals surface area (Å²) in [4.78, 5) is 2.28. The molecule has 0 bridgehead atoms. The van der Waals surface area contributed by atoms with Gasteiger partial charge in [0.15, 0.2) is 11.5 Å². The zero-order valence-electron chi connectivity index (χ0n) is 11.6. The summed E-state index contributed by atoms with van der Waals surface area (Å²) in [6.45, 7) is 3.20. The second kappa shape index (κ2) is 6.30. The Hall–Kier alpha value is -1.17. The van der Waals surface area contributed by atoms with E-state index < -0.39 is 0 Å². The van der Waals surface area contributed by atoms with Crippen molar-refractivity contribution in [2.45, 2.75) is 22.8 Å². The van der Waals surface area contributed by atoms with Crippen molar-refractivity contribution in [1.82, 2.24) is 0 Å². The van der Waals surface area contributed by atoms with Gasteiger partial charge in [-0.2, -0.15) is 0 Å². The highest BCUT2D eigenvalue weighted by molar-refractivity contribution is 9.10. The maximum Gasteiger partial charge on any atom is 0.162 e. The molecule has 1 aliphatic rings. The number of fused-ring (bicyclic) bond motifs is 1. The van der Waals surface area contributed by atoms with Gasteiger partial charge in [0.05, 0.1) is 0 Å². The normalized spacial score (nSPS) is 14.8. The summed E-state index contributed by atoms with van der Waals surface area (Å²) in [6.07, 6.45) is 0. The Morgan fingerprint density at radius 1 is 1.05 bits per heavy atom. The minimum atomic E-state index is 0.0210. The van der Waals surface area contributed by atoms with Crippen LogP contribution in [0.15, 0.2) is 50.7 Å². The topological polar surface area (TPSA) is 44.5 Å². The molecule has 1 aliphatic heterocycles. The summed E-state index contributed by atoms with van der Waals surface area (Å²) in [7, 11) is 0. The first-order chi connectivity index (χ1) is 10.1. The van der Waals surface area contributed by atoms with Crippen LogP contribution in [0.5, 0.6) is 11.5 Å². The highest BCUT2D eigenvalue weighted by Crippen LogP contribution is 2.38. The van der Waals surface area contributed by atoms with Crippen molar-refractivity contribution < 1.29 is 9.47 Å². The molecule has 0 saturated carbocycles. The van der Waals surface area contributed by atoms with Crippen LogP contribution in [-0.2, 0) is 0 Å². The fraction of sp³-hybridized carbons (Fsp3) is 0.250. The fourth-order valence-corrected chi connectivity index (χ4v) is 3.94. The number of hydrogen-bond acceptors (Lipinski definition) is 4. The highest BCUT2D eigenvalue weighted by Gasteiger charge is 2.12. The van der Waals surface area contributed by atoms with Crippen LogP contribution in [0.4, 0.5) is 0 Å². The average Bonchev–Trinajstić information content (AvgIpc) is 2.47. The predicted molar refractivity (Wildman–Crippen MR) is 88.3 cm³/mol. The van der Waals surface area contributed by atoms with Crippen LogP contribution in [0.1, 0.15) is 18.5 Å². The lowest BCUT2D eigenvalue weighted by Crippen LogP contribution is -2.15. The van der Waals surface area contributed by atoms with E-state index in [1.807, 2.05) is 25.1 Å². The van der Waals surface area contributed by atoms with Gasteiger partial charge < -0.3 is 15.2 Å². The van der Waals surface area contributed by atoms with Crippen molar-refractivity contribution in [3.63, 3.8) is 0 Å². The summed E-state index contributed by atoms with van der Waals surface area (Å²) >= 11 is 5.27. The summed E-state index contributed by atoms with van der Waals surface area (Å²) in [6, 6.07) is 12.3. The molecule has 3 rings (SSSR count). The van der Waals surface area contributed by atoms with Crippen molar-refractivity contribution in [2.24, 2.45) is 5.73 Å². The molecule has 0 amide bonds. The van der Waals surface area contributed by atoms with E-state index in [1.54, 1.807) is 11.8 Å². The molecule has 0 spiro atoms. The maximum absolute atomic E-state index is 5.93. The number of benzene rings is 2. The third-order valence-electron chi connectivity index (χ3n) is 3.21. The number of halogens is 1. The van der Waals surface area contributed by atoms with E-state index in [0.717, 1.165) is 31.3 Å². The first kappa shape index (κ1) is 14.8. The zero-order valence-corrected chi connectivity index (χ0v) is 14.0. The first-order valence-corrected chi connectivity index (χ1v) is 8.37. The van der Waals surface area contributed by atoms with Gasteiger partial charge in [-0.3, -0.25) is 0 Å². The van der Waals surface area contributed by atoms with Crippen LogP contribution in [0.2, 0.25) is 0 Å². The molecule has 2 aromatic carbocycles. The van der Waals surface area contributed by atoms with Crippen LogP contribution in [0.3, 0.4) is 0 Å². The lowest BCUT2D eigenvalue weighted by Gasteiger charge is -2.18. The smallest absolute Gasteiger partial charge is 0.162 e. The van der Waals surface area contributed by atoms with E-state index >= 15 is 0 Å². The van der Waals surface area contributed by atoms with Crippen LogP contribution in [0, 0.1) is 0 Å². The van der Waals surface area contributed by atoms with Gasteiger partial charge >= 0.3 is 0 Å². The second-order valence-electron chi connectivity index (χ2n) is 4.88. The number of hydrogen-bond donors (Lipinski definition) is 1. The van der Waals surface area contributed by atoms with Gasteiger partial charge in [0.25, 0.3) is 0 Å². The molecule has 1 atom stereocenters. The van der Waals surface area contributed by atoms with Gasteiger partial charge in [-0.15, -0.1) is 0 Å². The van der Waals surface area contributed by atoms with Crippen molar-refractivity contribution in [3.05, 3.63) is 46.4 Å². The second-order valence-corrected chi connectivity index (χ2v) is 6.88. The Morgan fingerprint density at radius 2 is 1.71 bits per heavy atom. The summed E-state index contributed by atoms with van der Waals surface area (Å²) in [5.74, 6) is 1.64. The Bertz CT molecular complexity index is 661. The molecule has 0 saturated heterocycles. The number of rotatable bonds is 3. The summed E-state index contributed by atoms with van der Waals surface area (Å²) < 4.78 is 12.2. The van der Waals surface area contributed by atoms with E-state index in [2.05, 4.69) is 34.1 Å². The van der Waals surface area contributed by atoms with Crippen LogP contribution in [-0.4, -0.2) is 13.2 Å². The molecule has 0 radical (unpaired) electrons. The maximum atomic E-state index is 5.93. The molecule has 2 aromatic rings. The number of nitrogens with two attached hydrogens (primary N) is 1. The standard InChI is InChI=1S/C16H16BrNO2S/c1-10(18)13-4-2-11(8-14(13)17)21-12-3-5-15-16(9-12)20-7-6-19-15/h2-5,8-10H,6-7,18H2,1H3/t10-/m1/s1. The summed E-state index contributed by atoms with van der Waals surface area (Å²) in [5, 5.41) is 0. The molecule has 1 heterocycles. The number of ether oxygens (including phenoxy) is 2. The van der Waals surface area contributed by atoms with Gasteiger partial charge in [-0.25, -0.2) is 0 Å². The fourth-order valence-electron chi connectivity index (χ4n) is 2.16. The van der Waals surface area contributed by atoms with E-state index in [1.165, 1.54) is 0 Å². The SMILES string of the molecule is C[C@@H](N)c1ccc(Sc2ccc3c(c2)OCCO3)cc1Br. The van der Waals surface area contributed by atoms with Crippen LogP contribution < -0.4 is 15.2 Å². The largest absolute Gasteiger partial charge is 0.486 e. The van der Waals surface area contributed by atoms with Crippen LogP contribution >= 0.6 is 27.7 Å². The lowest BCUT2D eigenvalue weighted by atomic mass is 10.1. The molecular weight excluding hydrogens is 350 g/mol. The molecular formula is C16H16BrNO2S.